The maximum absolute atomic E-state index is 12.8. The Labute approximate surface area is 126 Å². The summed E-state index contributed by atoms with van der Waals surface area (Å²) in [5, 5.41) is 8.80. The van der Waals surface area contributed by atoms with E-state index in [0.717, 1.165) is 25.7 Å². The van der Waals surface area contributed by atoms with E-state index < -0.39 is 10.0 Å². The van der Waals surface area contributed by atoms with Gasteiger partial charge in [-0.25, -0.2) is 8.42 Å². The average molecular weight is 307 g/mol. The van der Waals surface area contributed by atoms with Gasteiger partial charge in [0, 0.05) is 18.7 Å². The molecule has 0 unspecified atom stereocenters. The van der Waals surface area contributed by atoms with Crippen molar-refractivity contribution in [2.45, 2.75) is 43.0 Å². The monoisotopic (exact) mass is 307 g/mol. The molecule has 0 atom stereocenters. The number of benzene rings is 1. The summed E-state index contributed by atoms with van der Waals surface area (Å²) in [6, 6.07) is 6.77. The Morgan fingerprint density at radius 3 is 2.57 bits per heavy atom. The fourth-order valence-corrected chi connectivity index (χ4v) is 4.29. The van der Waals surface area contributed by atoms with Gasteiger partial charge in [-0.15, -0.1) is 0 Å². The summed E-state index contributed by atoms with van der Waals surface area (Å²) < 4.78 is 27.1. The van der Waals surface area contributed by atoms with Gasteiger partial charge in [-0.3, -0.25) is 0 Å². The molecule has 21 heavy (non-hydrogen) atoms. The summed E-state index contributed by atoms with van der Waals surface area (Å²) in [5.74, 6) is 5.24. The van der Waals surface area contributed by atoms with E-state index in [4.69, 9.17) is 5.11 Å². The molecule has 114 valence electrons. The van der Waals surface area contributed by atoms with Gasteiger partial charge < -0.3 is 5.11 Å². The third kappa shape index (κ3) is 3.65. The normalized spacial score (nSPS) is 16.5. The van der Waals surface area contributed by atoms with E-state index in [2.05, 4.69) is 11.8 Å². The lowest BCUT2D eigenvalue weighted by Gasteiger charge is -2.30. The Bertz CT molecular complexity index is 637. The first-order chi connectivity index (χ1) is 10.1. The van der Waals surface area contributed by atoms with E-state index in [-0.39, 0.29) is 17.5 Å². The number of sulfonamides is 1. The van der Waals surface area contributed by atoms with E-state index in [0.29, 0.717) is 5.56 Å². The molecule has 0 heterocycles. The Morgan fingerprint density at radius 2 is 1.90 bits per heavy atom. The van der Waals surface area contributed by atoms with Crippen LogP contribution < -0.4 is 0 Å². The van der Waals surface area contributed by atoms with Crippen LogP contribution in [0.3, 0.4) is 0 Å². The Balaban J connectivity index is 2.34. The maximum atomic E-state index is 12.8. The zero-order chi connectivity index (χ0) is 15.3. The molecule has 4 nitrogen and oxygen atoms in total. The molecule has 1 aliphatic rings. The topological polar surface area (TPSA) is 57.6 Å². The fourth-order valence-electron chi connectivity index (χ4n) is 2.73. The summed E-state index contributed by atoms with van der Waals surface area (Å²) >= 11 is 0. The van der Waals surface area contributed by atoms with E-state index in [1.54, 1.807) is 31.3 Å². The van der Waals surface area contributed by atoms with Gasteiger partial charge in [0.15, 0.2) is 0 Å². The predicted molar refractivity (Wildman–Crippen MR) is 82.2 cm³/mol. The van der Waals surface area contributed by atoms with Crippen LogP contribution in [0.25, 0.3) is 0 Å². The lowest BCUT2D eigenvalue weighted by atomic mass is 9.96. The number of aliphatic hydroxyl groups excluding tert-OH is 1. The smallest absolute Gasteiger partial charge is 0.244 e. The summed E-state index contributed by atoms with van der Waals surface area (Å²) in [7, 11) is -1.90. The Morgan fingerprint density at radius 1 is 1.24 bits per heavy atom. The molecule has 1 fully saturated rings. The first kappa shape index (κ1) is 16.0. The molecule has 0 saturated heterocycles. The predicted octanol–water partition coefficient (Wildman–Crippen LogP) is 1.98. The molecule has 0 aromatic heterocycles. The van der Waals surface area contributed by atoms with Crippen molar-refractivity contribution in [3.05, 3.63) is 29.8 Å². The second-order valence-corrected chi connectivity index (χ2v) is 7.24. The van der Waals surface area contributed by atoms with Crippen LogP contribution in [0, 0.1) is 11.8 Å². The van der Waals surface area contributed by atoms with E-state index >= 15 is 0 Å². The van der Waals surface area contributed by atoms with Gasteiger partial charge >= 0.3 is 0 Å². The molecule has 1 aliphatic carbocycles. The van der Waals surface area contributed by atoms with Gasteiger partial charge in [-0.1, -0.05) is 43.2 Å². The van der Waals surface area contributed by atoms with Crippen molar-refractivity contribution in [2.75, 3.05) is 13.7 Å². The largest absolute Gasteiger partial charge is 0.384 e. The van der Waals surface area contributed by atoms with Crippen molar-refractivity contribution in [3.63, 3.8) is 0 Å². The molecule has 0 aliphatic heterocycles. The molecule has 0 radical (unpaired) electrons. The van der Waals surface area contributed by atoms with Crippen molar-refractivity contribution in [1.29, 1.82) is 0 Å². The van der Waals surface area contributed by atoms with Crippen LogP contribution in [0.1, 0.15) is 37.7 Å². The van der Waals surface area contributed by atoms with Gasteiger partial charge in [-0.2, -0.15) is 4.31 Å². The third-order valence-corrected chi connectivity index (χ3v) is 5.90. The van der Waals surface area contributed by atoms with Crippen molar-refractivity contribution in [1.82, 2.24) is 4.31 Å². The molecular weight excluding hydrogens is 286 g/mol. The van der Waals surface area contributed by atoms with Crippen LogP contribution in [-0.2, 0) is 10.0 Å². The van der Waals surface area contributed by atoms with E-state index in [1.165, 1.54) is 10.7 Å². The molecule has 1 aromatic carbocycles. The highest BCUT2D eigenvalue weighted by Crippen LogP contribution is 2.27. The molecule has 1 aromatic rings. The minimum atomic E-state index is -3.55. The van der Waals surface area contributed by atoms with Crippen LogP contribution in [0.4, 0.5) is 0 Å². The number of aliphatic hydroxyl groups is 1. The molecule has 0 amide bonds. The van der Waals surface area contributed by atoms with E-state index in [1.807, 2.05) is 0 Å². The highest BCUT2D eigenvalue weighted by atomic mass is 32.2. The van der Waals surface area contributed by atoms with Gasteiger partial charge in [-0.05, 0) is 25.0 Å². The Hall–Kier alpha value is -1.35. The molecular formula is C16H21NO3S. The molecule has 5 heteroatoms. The van der Waals surface area contributed by atoms with Crippen LogP contribution in [0.15, 0.2) is 29.2 Å². The highest BCUT2D eigenvalue weighted by Gasteiger charge is 2.30. The Kier molecular flexibility index (Phi) is 5.40. The van der Waals surface area contributed by atoms with Crippen LogP contribution in [-0.4, -0.2) is 37.5 Å². The maximum Gasteiger partial charge on any atom is 0.244 e. The van der Waals surface area contributed by atoms with Crippen LogP contribution >= 0.6 is 0 Å². The lowest BCUT2D eigenvalue weighted by Crippen LogP contribution is -2.38. The van der Waals surface area contributed by atoms with Gasteiger partial charge in [0.05, 0.1) is 4.90 Å². The van der Waals surface area contributed by atoms with Crippen molar-refractivity contribution in [2.24, 2.45) is 0 Å². The summed E-state index contributed by atoms with van der Waals surface area (Å²) in [4.78, 5) is 0.221. The van der Waals surface area contributed by atoms with Crippen LogP contribution in [0.5, 0.6) is 0 Å². The summed E-state index contributed by atoms with van der Waals surface area (Å²) in [6.45, 7) is -0.285. The minimum Gasteiger partial charge on any atom is -0.384 e. The quantitative estimate of drug-likeness (QED) is 0.869. The minimum absolute atomic E-state index is 0.0719. The number of hydrogen-bond acceptors (Lipinski definition) is 3. The van der Waals surface area contributed by atoms with Crippen molar-refractivity contribution >= 4 is 10.0 Å². The van der Waals surface area contributed by atoms with Gasteiger partial charge in [0.2, 0.25) is 10.0 Å². The lowest BCUT2D eigenvalue weighted by molar-refractivity contribution is 0.286. The van der Waals surface area contributed by atoms with Gasteiger partial charge in [0.25, 0.3) is 0 Å². The van der Waals surface area contributed by atoms with Crippen LogP contribution in [0.2, 0.25) is 0 Å². The summed E-state index contributed by atoms with van der Waals surface area (Å²) in [5.41, 5.74) is 0.439. The second kappa shape index (κ2) is 7.08. The molecule has 0 spiro atoms. The van der Waals surface area contributed by atoms with Crippen molar-refractivity contribution < 1.29 is 13.5 Å². The zero-order valence-corrected chi connectivity index (χ0v) is 13.1. The molecule has 1 N–H and O–H groups in total. The SMILES string of the molecule is CN(C1CCCCC1)S(=O)(=O)c1ccccc1C#CCO. The summed E-state index contributed by atoms with van der Waals surface area (Å²) in [6.07, 6.45) is 5.18. The van der Waals surface area contributed by atoms with Crippen molar-refractivity contribution in [3.8, 4) is 11.8 Å². The average Bonchev–Trinajstić information content (AvgIpc) is 2.53. The molecule has 2 rings (SSSR count). The fraction of sp³-hybridized carbons (Fsp3) is 0.500. The number of rotatable bonds is 3. The third-order valence-electron chi connectivity index (χ3n) is 3.94. The zero-order valence-electron chi connectivity index (χ0n) is 12.2. The second-order valence-electron chi connectivity index (χ2n) is 5.27. The van der Waals surface area contributed by atoms with E-state index in [9.17, 15) is 8.42 Å². The standard InChI is InChI=1S/C16H21NO3S/c1-17(15-10-3-2-4-11-15)21(19,20)16-12-6-5-8-14(16)9-7-13-18/h5-6,8,12,15,18H,2-4,10-11,13H2,1H3. The molecule has 0 bridgehead atoms. The molecule has 1 saturated carbocycles. The highest BCUT2D eigenvalue weighted by molar-refractivity contribution is 7.89. The first-order valence-electron chi connectivity index (χ1n) is 7.24. The number of hydrogen-bond donors (Lipinski definition) is 1. The van der Waals surface area contributed by atoms with Gasteiger partial charge in [0.1, 0.15) is 6.61 Å². The first-order valence-corrected chi connectivity index (χ1v) is 8.68. The number of nitrogens with zero attached hydrogens (tertiary/aromatic N) is 1.